The van der Waals surface area contributed by atoms with Gasteiger partial charge in [0.25, 0.3) is 0 Å². The number of halogens is 2. The molecule has 6 heteroatoms. The first-order chi connectivity index (χ1) is 12.5. The van der Waals surface area contributed by atoms with Crippen LogP contribution in [-0.4, -0.2) is 29.9 Å². The topological polar surface area (TPSA) is 66.4 Å². The number of aliphatic hydroxyl groups excluding tert-OH is 1. The molecule has 1 aromatic carbocycles. The number of nitrogens with one attached hydrogen (secondary N) is 1. The number of Topliss-reactive ketones (excluding diaryl/α,β-unsaturated/α-hetero) is 1. The number of amides is 1. The maximum Gasteiger partial charge on any atom is 0.223 e. The smallest absolute Gasteiger partial charge is 0.223 e. The lowest BCUT2D eigenvalue weighted by Crippen LogP contribution is -2.43. The summed E-state index contributed by atoms with van der Waals surface area (Å²) < 4.78 is 26.3. The zero-order chi connectivity index (χ0) is 18.7. The first-order valence-corrected chi connectivity index (χ1v) is 9.34. The molecule has 3 atom stereocenters. The Morgan fingerprint density at radius 1 is 1.19 bits per heavy atom. The first-order valence-electron chi connectivity index (χ1n) is 9.34. The Kier molecular flexibility index (Phi) is 6.01. The van der Waals surface area contributed by atoms with Crippen molar-refractivity contribution in [3.63, 3.8) is 0 Å². The Bertz CT molecular complexity index is 663. The third-order valence-electron chi connectivity index (χ3n) is 5.75. The SMILES string of the molecule is O=C(NCC(CO)Cc1ccc(F)c(F)c1)C1CC2CCCC(C1)C2=O. The standard InChI is InChI=1S/C20H25F2NO3/c21-17-5-4-12(7-18(17)22)6-13(11-24)10-23-20(26)16-8-14-2-1-3-15(9-16)19(14)25/h4-5,7,13-16,24H,1-3,6,8-11H2,(H,23,26). The summed E-state index contributed by atoms with van der Waals surface area (Å²) in [6.45, 7) is 0.113. The van der Waals surface area contributed by atoms with Crippen molar-refractivity contribution in [1.82, 2.24) is 5.32 Å². The van der Waals surface area contributed by atoms with Crippen LogP contribution < -0.4 is 5.32 Å². The van der Waals surface area contributed by atoms with E-state index in [2.05, 4.69) is 5.32 Å². The summed E-state index contributed by atoms with van der Waals surface area (Å²) in [7, 11) is 0. The van der Waals surface area contributed by atoms with Gasteiger partial charge in [0.1, 0.15) is 5.78 Å². The van der Waals surface area contributed by atoms with Crippen LogP contribution in [0.2, 0.25) is 0 Å². The largest absolute Gasteiger partial charge is 0.396 e. The predicted molar refractivity (Wildman–Crippen MR) is 92.2 cm³/mol. The van der Waals surface area contributed by atoms with Gasteiger partial charge < -0.3 is 10.4 Å². The van der Waals surface area contributed by atoms with Gasteiger partial charge in [0.05, 0.1) is 0 Å². The molecule has 4 nitrogen and oxygen atoms in total. The second-order valence-electron chi connectivity index (χ2n) is 7.64. The number of rotatable bonds is 6. The van der Waals surface area contributed by atoms with Gasteiger partial charge in [-0.1, -0.05) is 12.5 Å². The maximum absolute atomic E-state index is 13.3. The molecular formula is C20H25F2NO3. The van der Waals surface area contributed by atoms with E-state index in [1.807, 2.05) is 0 Å². The second-order valence-corrected chi connectivity index (χ2v) is 7.64. The van der Waals surface area contributed by atoms with Crippen LogP contribution >= 0.6 is 0 Å². The number of ketones is 1. The molecule has 26 heavy (non-hydrogen) atoms. The van der Waals surface area contributed by atoms with E-state index in [4.69, 9.17) is 0 Å². The number of carbonyl (C=O) groups is 2. The monoisotopic (exact) mass is 365 g/mol. The lowest BCUT2D eigenvalue weighted by atomic mass is 9.67. The molecule has 2 N–H and O–H groups in total. The van der Waals surface area contributed by atoms with Crippen molar-refractivity contribution < 1.29 is 23.5 Å². The Morgan fingerprint density at radius 3 is 2.50 bits per heavy atom. The minimum atomic E-state index is -0.915. The summed E-state index contributed by atoms with van der Waals surface area (Å²) in [6, 6.07) is 3.67. The van der Waals surface area contributed by atoms with E-state index < -0.39 is 11.6 Å². The summed E-state index contributed by atoms with van der Waals surface area (Å²) in [4.78, 5) is 24.6. The molecule has 2 aliphatic rings. The van der Waals surface area contributed by atoms with Crippen LogP contribution in [0.15, 0.2) is 18.2 Å². The lowest BCUT2D eigenvalue weighted by Gasteiger charge is -2.37. The van der Waals surface area contributed by atoms with Crippen LogP contribution in [0.4, 0.5) is 8.78 Å². The van der Waals surface area contributed by atoms with Crippen LogP contribution in [0.25, 0.3) is 0 Å². The fraction of sp³-hybridized carbons (Fsp3) is 0.600. The van der Waals surface area contributed by atoms with Gasteiger partial charge in [-0.3, -0.25) is 9.59 Å². The van der Waals surface area contributed by atoms with Gasteiger partial charge in [-0.2, -0.15) is 0 Å². The highest BCUT2D eigenvalue weighted by atomic mass is 19.2. The summed E-state index contributed by atoms with van der Waals surface area (Å²) >= 11 is 0. The Morgan fingerprint density at radius 2 is 1.88 bits per heavy atom. The molecule has 2 saturated carbocycles. The summed E-state index contributed by atoms with van der Waals surface area (Å²) in [5, 5.41) is 12.4. The molecule has 0 aromatic heterocycles. The number of aliphatic hydroxyl groups is 1. The fourth-order valence-corrected chi connectivity index (χ4v) is 4.28. The number of carbonyl (C=O) groups excluding carboxylic acids is 2. The Labute approximate surface area is 152 Å². The molecule has 2 fully saturated rings. The molecule has 0 spiro atoms. The highest BCUT2D eigenvalue weighted by Crippen LogP contribution is 2.40. The van der Waals surface area contributed by atoms with Crippen molar-refractivity contribution in [2.45, 2.75) is 38.5 Å². The summed E-state index contributed by atoms with van der Waals surface area (Å²) in [5.74, 6) is -1.94. The molecule has 0 radical (unpaired) electrons. The van der Waals surface area contributed by atoms with E-state index in [1.165, 1.54) is 6.07 Å². The van der Waals surface area contributed by atoms with Crippen molar-refractivity contribution in [2.75, 3.05) is 13.2 Å². The minimum absolute atomic E-state index is 0.0223. The van der Waals surface area contributed by atoms with Crippen LogP contribution in [0.5, 0.6) is 0 Å². The number of hydrogen-bond donors (Lipinski definition) is 2. The van der Waals surface area contributed by atoms with Gasteiger partial charge in [0.15, 0.2) is 11.6 Å². The van der Waals surface area contributed by atoms with E-state index in [9.17, 15) is 23.5 Å². The Balaban J connectivity index is 1.52. The minimum Gasteiger partial charge on any atom is -0.396 e. The van der Waals surface area contributed by atoms with E-state index >= 15 is 0 Å². The molecule has 3 unspecified atom stereocenters. The lowest BCUT2D eigenvalue weighted by molar-refractivity contribution is -0.137. The van der Waals surface area contributed by atoms with Gasteiger partial charge >= 0.3 is 0 Å². The van der Waals surface area contributed by atoms with Crippen molar-refractivity contribution >= 4 is 11.7 Å². The summed E-state index contributed by atoms with van der Waals surface area (Å²) in [5.41, 5.74) is 0.579. The molecule has 0 aliphatic heterocycles. The number of hydrogen-bond acceptors (Lipinski definition) is 3. The van der Waals surface area contributed by atoms with Gasteiger partial charge in [0, 0.05) is 36.8 Å². The van der Waals surface area contributed by atoms with Crippen LogP contribution in [0.3, 0.4) is 0 Å². The van der Waals surface area contributed by atoms with Gasteiger partial charge in [-0.05, 0) is 49.8 Å². The highest BCUT2D eigenvalue weighted by Gasteiger charge is 2.41. The zero-order valence-corrected chi connectivity index (χ0v) is 14.7. The average Bonchev–Trinajstić information content (AvgIpc) is 2.61. The zero-order valence-electron chi connectivity index (χ0n) is 14.7. The molecule has 3 rings (SSSR count). The molecule has 2 aliphatic carbocycles. The molecule has 2 bridgehead atoms. The maximum atomic E-state index is 13.3. The van der Waals surface area contributed by atoms with E-state index in [-0.39, 0.29) is 42.7 Å². The molecular weight excluding hydrogens is 340 g/mol. The second kappa shape index (κ2) is 8.25. The van der Waals surface area contributed by atoms with E-state index in [1.54, 1.807) is 0 Å². The quantitative estimate of drug-likeness (QED) is 0.814. The van der Waals surface area contributed by atoms with Crippen molar-refractivity contribution in [3.05, 3.63) is 35.4 Å². The molecule has 1 aromatic rings. The van der Waals surface area contributed by atoms with Crippen LogP contribution in [0, 0.1) is 35.3 Å². The van der Waals surface area contributed by atoms with Crippen molar-refractivity contribution in [1.29, 1.82) is 0 Å². The average molecular weight is 365 g/mol. The molecule has 142 valence electrons. The normalized spacial score (nSPS) is 26.4. The van der Waals surface area contributed by atoms with Gasteiger partial charge in [-0.15, -0.1) is 0 Å². The molecule has 0 saturated heterocycles. The van der Waals surface area contributed by atoms with Crippen molar-refractivity contribution in [3.8, 4) is 0 Å². The van der Waals surface area contributed by atoms with Crippen molar-refractivity contribution in [2.24, 2.45) is 23.7 Å². The van der Waals surface area contributed by atoms with Crippen LogP contribution in [0.1, 0.15) is 37.7 Å². The first kappa shape index (κ1) is 19.0. The van der Waals surface area contributed by atoms with Gasteiger partial charge in [-0.25, -0.2) is 8.78 Å². The molecule has 0 heterocycles. The van der Waals surface area contributed by atoms with Crippen LogP contribution in [-0.2, 0) is 16.0 Å². The van der Waals surface area contributed by atoms with Gasteiger partial charge in [0.2, 0.25) is 5.91 Å². The predicted octanol–water partition coefficient (Wildman–Crippen LogP) is 2.63. The summed E-state index contributed by atoms with van der Waals surface area (Å²) in [6.07, 6.45) is 4.42. The number of fused-ring (bicyclic) bond motifs is 2. The third kappa shape index (κ3) is 4.29. The highest BCUT2D eigenvalue weighted by molar-refractivity contribution is 5.88. The Hall–Kier alpha value is -1.82. The fourth-order valence-electron chi connectivity index (χ4n) is 4.28. The molecule has 1 amide bonds. The van der Waals surface area contributed by atoms with E-state index in [0.29, 0.717) is 30.6 Å². The third-order valence-corrected chi connectivity index (χ3v) is 5.75. The number of benzene rings is 1. The van der Waals surface area contributed by atoms with E-state index in [0.717, 1.165) is 31.4 Å².